The predicted molar refractivity (Wildman–Crippen MR) is 84.1 cm³/mol. The van der Waals surface area contributed by atoms with Crippen LogP contribution in [-0.4, -0.2) is 5.91 Å². The van der Waals surface area contributed by atoms with Gasteiger partial charge in [0.1, 0.15) is 11.2 Å². The fraction of sp³-hybridized carbons (Fsp3) is 0.214. The molecule has 3 rings (SSSR count). The van der Waals surface area contributed by atoms with E-state index in [9.17, 15) is 4.79 Å². The number of aryl methyl sites for hydroxylation is 1. The largest absolute Gasteiger partial charge is 0.353 e. The third-order valence-corrected chi connectivity index (χ3v) is 5.43. The third kappa shape index (κ3) is 2.08. The molecule has 0 bridgehead atoms. The maximum atomic E-state index is 12.3. The van der Waals surface area contributed by atoms with Crippen LogP contribution in [0, 0.1) is 13.8 Å². The Morgan fingerprint density at radius 2 is 1.95 bits per heavy atom. The molecule has 0 fully saturated rings. The number of carbonyl (C=O) groups excluding carboxylic acids is 1. The number of hydrogen-bond acceptors (Lipinski definition) is 3. The van der Waals surface area contributed by atoms with Gasteiger partial charge >= 0.3 is 0 Å². The zero-order valence-corrected chi connectivity index (χ0v) is 13.2. The van der Waals surface area contributed by atoms with Crippen LogP contribution >= 0.6 is 34.5 Å². The molecule has 2 aromatic rings. The second kappa shape index (κ2) is 4.95. The van der Waals surface area contributed by atoms with Crippen molar-refractivity contribution in [2.24, 2.45) is 0 Å². The Bertz CT molecular complexity index is 711. The van der Waals surface area contributed by atoms with Gasteiger partial charge in [-0.1, -0.05) is 35.3 Å². The number of nitrogens with one attached hydrogen (secondary N) is 2. The predicted octanol–water partition coefficient (Wildman–Crippen LogP) is 4.53. The van der Waals surface area contributed by atoms with Crippen molar-refractivity contribution in [2.75, 3.05) is 5.32 Å². The van der Waals surface area contributed by atoms with Crippen LogP contribution in [0.5, 0.6) is 0 Å². The standard InChI is InChI=1S/C14H12Cl2N2OS/c1-6-7(2)20-14-10(6)13(19)17-12(18-14)8-4-3-5-9(15)11(8)16/h3-5,12,18H,1-2H3,(H,17,19). The summed E-state index contributed by atoms with van der Waals surface area (Å²) in [6, 6.07) is 5.39. The Kier molecular flexibility index (Phi) is 3.40. The number of thiophene rings is 1. The lowest BCUT2D eigenvalue weighted by Gasteiger charge is -2.27. The Labute approximate surface area is 130 Å². The van der Waals surface area contributed by atoms with E-state index in [1.54, 1.807) is 17.4 Å². The fourth-order valence-corrected chi connectivity index (χ4v) is 3.77. The van der Waals surface area contributed by atoms with Crippen LogP contribution < -0.4 is 10.6 Å². The minimum Gasteiger partial charge on any atom is -0.353 e. The normalized spacial score (nSPS) is 17.4. The first kappa shape index (κ1) is 13.7. The summed E-state index contributed by atoms with van der Waals surface area (Å²) >= 11 is 13.8. The lowest BCUT2D eigenvalue weighted by molar-refractivity contribution is 0.0936. The van der Waals surface area contributed by atoms with Gasteiger partial charge in [-0.05, 0) is 25.5 Å². The average Bonchev–Trinajstić information content (AvgIpc) is 2.68. The van der Waals surface area contributed by atoms with E-state index in [0.717, 1.165) is 26.6 Å². The molecular formula is C14H12Cl2N2OS. The van der Waals surface area contributed by atoms with E-state index in [1.807, 2.05) is 26.0 Å². The summed E-state index contributed by atoms with van der Waals surface area (Å²) in [6.07, 6.45) is -0.362. The highest BCUT2D eigenvalue weighted by Gasteiger charge is 2.30. The molecule has 0 aliphatic carbocycles. The van der Waals surface area contributed by atoms with Crippen molar-refractivity contribution in [2.45, 2.75) is 20.0 Å². The Hall–Kier alpha value is -1.23. The molecule has 1 aliphatic heterocycles. The molecule has 1 atom stereocenters. The van der Waals surface area contributed by atoms with Gasteiger partial charge in [-0.15, -0.1) is 11.3 Å². The van der Waals surface area contributed by atoms with Crippen molar-refractivity contribution in [3.63, 3.8) is 0 Å². The Balaban J connectivity index is 2.04. The molecule has 0 spiro atoms. The van der Waals surface area contributed by atoms with Crippen LogP contribution in [0.1, 0.15) is 32.5 Å². The van der Waals surface area contributed by atoms with Crippen LogP contribution in [0.15, 0.2) is 18.2 Å². The van der Waals surface area contributed by atoms with E-state index in [0.29, 0.717) is 10.0 Å². The first-order chi connectivity index (χ1) is 9.49. The van der Waals surface area contributed by atoms with Gasteiger partial charge in [-0.2, -0.15) is 0 Å². The van der Waals surface area contributed by atoms with Crippen LogP contribution in [-0.2, 0) is 0 Å². The van der Waals surface area contributed by atoms with Gasteiger partial charge in [0.05, 0.1) is 15.6 Å². The van der Waals surface area contributed by atoms with E-state index in [-0.39, 0.29) is 12.1 Å². The first-order valence-electron chi connectivity index (χ1n) is 6.10. The van der Waals surface area contributed by atoms with E-state index in [4.69, 9.17) is 23.2 Å². The van der Waals surface area contributed by atoms with Crippen LogP contribution in [0.25, 0.3) is 0 Å². The van der Waals surface area contributed by atoms with Gasteiger partial charge in [0, 0.05) is 10.4 Å². The lowest BCUT2D eigenvalue weighted by atomic mass is 10.1. The summed E-state index contributed by atoms with van der Waals surface area (Å²) in [4.78, 5) is 13.4. The van der Waals surface area contributed by atoms with Gasteiger partial charge in [-0.25, -0.2) is 0 Å². The third-order valence-electron chi connectivity index (χ3n) is 3.46. The van der Waals surface area contributed by atoms with Crippen molar-refractivity contribution < 1.29 is 4.79 Å². The summed E-state index contributed by atoms with van der Waals surface area (Å²) in [7, 11) is 0. The zero-order chi connectivity index (χ0) is 14.4. The molecule has 3 nitrogen and oxygen atoms in total. The van der Waals surface area contributed by atoms with Crippen LogP contribution in [0.3, 0.4) is 0 Å². The summed E-state index contributed by atoms with van der Waals surface area (Å²) in [6.45, 7) is 3.97. The van der Waals surface area contributed by atoms with E-state index < -0.39 is 0 Å². The highest BCUT2D eigenvalue weighted by atomic mass is 35.5. The van der Waals surface area contributed by atoms with Crippen molar-refractivity contribution in [3.05, 3.63) is 49.8 Å². The van der Waals surface area contributed by atoms with Gasteiger partial charge in [-0.3, -0.25) is 4.79 Å². The van der Waals surface area contributed by atoms with E-state index >= 15 is 0 Å². The van der Waals surface area contributed by atoms with E-state index in [1.165, 1.54) is 0 Å². The first-order valence-corrected chi connectivity index (χ1v) is 7.67. The maximum Gasteiger partial charge on any atom is 0.256 e. The molecule has 1 aliphatic rings. The number of anilines is 1. The molecule has 20 heavy (non-hydrogen) atoms. The lowest BCUT2D eigenvalue weighted by Crippen LogP contribution is -2.38. The maximum absolute atomic E-state index is 12.3. The minimum atomic E-state index is -0.362. The molecule has 0 saturated carbocycles. The van der Waals surface area contributed by atoms with Crippen LogP contribution in [0.2, 0.25) is 10.0 Å². The van der Waals surface area contributed by atoms with Crippen LogP contribution in [0.4, 0.5) is 5.00 Å². The Morgan fingerprint density at radius 1 is 1.20 bits per heavy atom. The number of carbonyl (C=O) groups is 1. The molecule has 1 unspecified atom stereocenters. The molecule has 104 valence electrons. The number of benzene rings is 1. The molecular weight excluding hydrogens is 315 g/mol. The zero-order valence-electron chi connectivity index (χ0n) is 10.9. The van der Waals surface area contributed by atoms with Gasteiger partial charge in [0.15, 0.2) is 0 Å². The second-order valence-corrected chi connectivity index (χ2v) is 6.69. The topological polar surface area (TPSA) is 41.1 Å². The van der Waals surface area contributed by atoms with Crippen molar-refractivity contribution in [1.82, 2.24) is 5.32 Å². The molecule has 1 aromatic carbocycles. The quantitative estimate of drug-likeness (QED) is 0.808. The molecule has 1 amide bonds. The van der Waals surface area contributed by atoms with Crippen molar-refractivity contribution >= 4 is 45.4 Å². The average molecular weight is 327 g/mol. The van der Waals surface area contributed by atoms with Gasteiger partial charge in [0.25, 0.3) is 5.91 Å². The molecule has 2 heterocycles. The summed E-state index contributed by atoms with van der Waals surface area (Å²) in [5, 5.41) is 8.06. The highest BCUT2D eigenvalue weighted by molar-refractivity contribution is 7.16. The molecule has 6 heteroatoms. The van der Waals surface area contributed by atoms with Gasteiger partial charge < -0.3 is 10.6 Å². The number of rotatable bonds is 1. The Morgan fingerprint density at radius 3 is 2.70 bits per heavy atom. The summed E-state index contributed by atoms with van der Waals surface area (Å²) in [5.41, 5.74) is 2.51. The monoisotopic (exact) mass is 326 g/mol. The molecule has 0 saturated heterocycles. The molecule has 1 aromatic heterocycles. The minimum absolute atomic E-state index is 0.0818. The molecule has 2 N–H and O–H groups in total. The van der Waals surface area contributed by atoms with Crippen molar-refractivity contribution in [1.29, 1.82) is 0 Å². The summed E-state index contributed by atoms with van der Waals surface area (Å²) < 4.78 is 0. The number of fused-ring (bicyclic) bond motifs is 1. The number of hydrogen-bond donors (Lipinski definition) is 2. The van der Waals surface area contributed by atoms with Gasteiger partial charge in [0.2, 0.25) is 0 Å². The number of amides is 1. The van der Waals surface area contributed by atoms with Crippen molar-refractivity contribution in [3.8, 4) is 0 Å². The second-order valence-electron chi connectivity index (χ2n) is 4.68. The fourth-order valence-electron chi connectivity index (χ4n) is 2.27. The van der Waals surface area contributed by atoms with E-state index in [2.05, 4.69) is 10.6 Å². The summed E-state index contributed by atoms with van der Waals surface area (Å²) in [5.74, 6) is -0.0818. The highest BCUT2D eigenvalue weighted by Crippen LogP contribution is 2.39. The molecule has 0 radical (unpaired) electrons. The number of halogens is 2. The smallest absolute Gasteiger partial charge is 0.256 e. The SMILES string of the molecule is Cc1sc2c(c1C)C(=O)NC(c1cccc(Cl)c1Cl)N2.